The van der Waals surface area contributed by atoms with Crippen molar-refractivity contribution in [1.29, 1.82) is 0 Å². The second-order valence-electron chi connectivity index (χ2n) is 3.95. The number of sulfonamides is 1. The first-order chi connectivity index (χ1) is 8.11. The zero-order valence-corrected chi connectivity index (χ0v) is 10.7. The Balaban J connectivity index is 2.61. The summed E-state index contributed by atoms with van der Waals surface area (Å²) >= 11 is 0. The highest BCUT2D eigenvalue weighted by Crippen LogP contribution is 2.22. The van der Waals surface area contributed by atoms with Crippen molar-refractivity contribution in [3.8, 4) is 0 Å². The molecule has 1 rings (SSSR count). The summed E-state index contributed by atoms with van der Waals surface area (Å²) in [5.74, 6) is -0.573. The molecule has 0 aliphatic rings. The number of halogens is 3. The monoisotopic (exact) mass is 285 g/mol. The van der Waals surface area contributed by atoms with Crippen LogP contribution in [-0.2, 0) is 10.0 Å². The van der Waals surface area contributed by atoms with Crippen molar-refractivity contribution in [2.75, 3.05) is 10.5 Å². The third kappa shape index (κ3) is 4.55. The molecule has 9 heteroatoms. The van der Waals surface area contributed by atoms with Gasteiger partial charge in [-0.25, -0.2) is 8.42 Å². The fourth-order valence-electron chi connectivity index (χ4n) is 1.37. The number of hydrogen-bond acceptors (Lipinski definition) is 3. The number of hydrogen-bond donors (Lipinski definition) is 2. The summed E-state index contributed by atoms with van der Waals surface area (Å²) < 4.78 is 61.1. The average molecular weight is 285 g/mol. The molecule has 0 saturated heterocycles. The van der Waals surface area contributed by atoms with Crippen molar-refractivity contribution in [1.82, 2.24) is 10.2 Å². The summed E-state index contributed by atoms with van der Waals surface area (Å²) in [5, 5.41) is 6.37. The van der Waals surface area contributed by atoms with Gasteiger partial charge in [0.1, 0.15) is 0 Å². The Morgan fingerprint density at radius 2 is 1.94 bits per heavy atom. The number of nitrogens with one attached hydrogen (secondary N) is 2. The lowest BCUT2D eigenvalue weighted by molar-refractivity contribution is -0.134. The predicted molar refractivity (Wildman–Crippen MR) is 60.8 cm³/mol. The highest BCUT2D eigenvalue weighted by atomic mass is 32.2. The minimum atomic E-state index is -4.34. The number of anilines is 1. The van der Waals surface area contributed by atoms with E-state index in [9.17, 15) is 21.6 Å². The normalized spacial score (nSPS) is 12.7. The van der Waals surface area contributed by atoms with Gasteiger partial charge in [-0.15, -0.1) is 0 Å². The summed E-state index contributed by atoms with van der Waals surface area (Å²) in [4.78, 5) is 0. The maximum absolute atomic E-state index is 11.9. The molecule has 0 aliphatic carbocycles. The highest BCUT2D eigenvalue weighted by Gasteiger charge is 2.27. The first kappa shape index (κ1) is 14.8. The molecule has 0 unspecified atom stereocenters. The SMILES string of the molecule is Cc1n[nH]c(C)c1NS(=O)(=O)CCCC(F)(F)F. The molecule has 0 aliphatic heterocycles. The smallest absolute Gasteiger partial charge is 0.280 e. The van der Waals surface area contributed by atoms with Crippen LogP contribution in [0.4, 0.5) is 18.9 Å². The Hall–Kier alpha value is -1.25. The van der Waals surface area contributed by atoms with Gasteiger partial charge in [0.2, 0.25) is 10.0 Å². The van der Waals surface area contributed by atoms with Gasteiger partial charge in [-0.3, -0.25) is 9.82 Å². The van der Waals surface area contributed by atoms with Crippen molar-refractivity contribution >= 4 is 15.7 Å². The van der Waals surface area contributed by atoms with Crippen molar-refractivity contribution < 1.29 is 21.6 Å². The summed E-state index contributed by atoms with van der Waals surface area (Å²) in [6.45, 7) is 3.21. The standard InChI is InChI=1S/C9H14F3N3O2S/c1-6-8(7(2)14-13-6)15-18(16,17)5-3-4-9(10,11)12/h15H,3-5H2,1-2H3,(H,13,14). The van der Waals surface area contributed by atoms with Crippen molar-refractivity contribution in [2.45, 2.75) is 32.9 Å². The Morgan fingerprint density at radius 3 is 2.39 bits per heavy atom. The van der Waals surface area contributed by atoms with Gasteiger partial charge in [0, 0.05) is 6.42 Å². The number of aromatic amines is 1. The quantitative estimate of drug-likeness (QED) is 0.870. The molecule has 0 bridgehead atoms. The molecule has 0 fully saturated rings. The number of rotatable bonds is 5. The van der Waals surface area contributed by atoms with Crippen LogP contribution in [0.15, 0.2) is 0 Å². The van der Waals surface area contributed by atoms with E-state index in [0.29, 0.717) is 17.1 Å². The topological polar surface area (TPSA) is 74.8 Å². The molecular weight excluding hydrogens is 271 g/mol. The van der Waals surface area contributed by atoms with Gasteiger partial charge in [0.25, 0.3) is 0 Å². The molecule has 0 aromatic carbocycles. The lowest BCUT2D eigenvalue weighted by Gasteiger charge is -2.09. The maximum Gasteiger partial charge on any atom is 0.389 e. The van der Waals surface area contributed by atoms with Gasteiger partial charge in [0.15, 0.2) is 0 Å². The molecule has 0 atom stereocenters. The Labute approximate surface area is 103 Å². The molecule has 2 N–H and O–H groups in total. The van der Waals surface area contributed by atoms with Gasteiger partial charge in [0.05, 0.1) is 22.8 Å². The van der Waals surface area contributed by atoms with Crippen molar-refractivity contribution in [2.24, 2.45) is 0 Å². The van der Waals surface area contributed by atoms with E-state index in [1.165, 1.54) is 0 Å². The molecule has 5 nitrogen and oxygen atoms in total. The number of nitrogens with zero attached hydrogens (tertiary/aromatic N) is 1. The zero-order valence-electron chi connectivity index (χ0n) is 9.93. The van der Waals surface area contributed by atoms with Crippen molar-refractivity contribution in [3.63, 3.8) is 0 Å². The van der Waals surface area contributed by atoms with E-state index < -0.39 is 34.8 Å². The zero-order chi connectivity index (χ0) is 14.0. The molecule has 18 heavy (non-hydrogen) atoms. The first-order valence-corrected chi connectivity index (χ1v) is 6.85. The number of alkyl halides is 3. The molecule has 0 spiro atoms. The van der Waals surface area contributed by atoms with E-state index in [1.807, 2.05) is 0 Å². The van der Waals surface area contributed by atoms with Crippen LogP contribution in [0.3, 0.4) is 0 Å². The average Bonchev–Trinajstić information content (AvgIpc) is 2.46. The van der Waals surface area contributed by atoms with Crippen LogP contribution in [0.25, 0.3) is 0 Å². The van der Waals surface area contributed by atoms with Crippen LogP contribution in [0.1, 0.15) is 24.2 Å². The van der Waals surface area contributed by atoms with Crippen LogP contribution in [0.5, 0.6) is 0 Å². The van der Waals surface area contributed by atoms with Gasteiger partial charge in [-0.05, 0) is 20.3 Å². The van der Waals surface area contributed by atoms with Crippen LogP contribution in [0.2, 0.25) is 0 Å². The fraction of sp³-hybridized carbons (Fsp3) is 0.667. The number of aryl methyl sites for hydroxylation is 2. The molecule has 0 saturated carbocycles. The van der Waals surface area contributed by atoms with Crippen LogP contribution >= 0.6 is 0 Å². The first-order valence-electron chi connectivity index (χ1n) is 5.19. The predicted octanol–water partition coefficient (Wildman–Crippen LogP) is 2.11. The van der Waals surface area contributed by atoms with Crippen LogP contribution in [-0.4, -0.2) is 30.5 Å². The van der Waals surface area contributed by atoms with Crippen molar-refractivity contribution in [3.05, 3.63) is 11.4 Å². The lowest BCUT2D eigenvalue weighted by atomic mass is 10.3. The summed E-state index contributed by atoms with van der Waals surface area (Å²) in [6.07, 6.45) is -5.91. The number of H-pyrrole nitrogens is 1. The molecular formula is C9H14F3N3O2S. The third-order valence-electron chi connectivity index (χ3n) is 2.26. The van der Waals surface area contributed by atoms with E-state index in [2.05, 4.69) is 14.9 Å². The van der Waals surface area contributed by atoms with Gasteiger partial charge < -0.3 is 0 Å². The second kappa shape index (κ2) is 5.17. The van der Waals surface area contributed by atoms with E-state index in [1.54, 1.807) is 13.8 Å². The molecule has 0 amide bonds. The minimum Gasteiger partial charge on any atom is -0.280 e. The van der Waals surface area contributed by atoms with E-state index in [0.717, 1.165) is 0 Å². The maximum atomic E-state index is 11.9. The molecule has 104 valence electrons. The van der Waals surface area contributed by atoms with Crippen LogP contribution < -0.4 is 4.72 Å². The summed E-state index contributed by atoms with van der Waals surface area (Å²) in [6, 6.07) is 0. The molecule has 0 radical (unpaired) electrons. The summed E-state index contributed by atoms with van der Waals surface area (Å²) in [5.41, 5.74) is 1.26. The fourth-order valence-corrected chi connectivity index (χ4v) is 2.61. The molecule has 1 aromatic heterocycles. The molecule has 1 aromatic rings. The second-order valence-corrected chi connectivity index (χ2v) is 5.79. The third-order valence-corrected chi connectivity index (χ3v) is 3.60. The van der Waals surface area contributed by atoms with Gasteiger partial charge in [-0.2, -0.15) is 18.3 Å². The highest BCUT2D eigenvalue weighted by molar-refractivity contribution is 7.92. The Kier molecular flexibility index (Phi) is 4.25. The van der Waals surface area contributed by atoms with E-state index in [4.69, 9.17) is 0 Å². The van der Waals surface area contributed by atoms with E-state index >= 15 is 0 Å². The molecule has 1 heterocycles. The minimum absolute atomic E-state index is 0.294. The number of aromatic nitrogens is 2. The van der Waals surface area contributed by atoms with E-state index in [-0.39, 0.29) is 0 Å². The van der Waals surface area contributed by atoms with Gasteiger partial charge >= 0.3 is 6.18 Å². The largest absolute Gasteiger partial charge is 0.389 e. The van der Waals surface area contributed by atoms with Gasteiger partial charge in [-0.1, -0.05) is 0 Å². The lowest BCUT2D eigenvalue weighted by Crippen LogP contribution is -2.19. The summed E-state index contributed by atoms with van der Waals surface area (Å²) in [7, 11) is -3.78. The Morgan fingerprint density at radius 1 is 1.33 bits per heavy atom. The van der Waals surface area contributed by atoms with Crippen LogP contribution in [0, 0.1) is 13.8 Å². The Bertz CT molecular complexity index is 488.